The predicted molar refractivity (Wildman–Crippen MR) is 69.6 cm³/mol. The van der Waals surface area contributed by atoms with Gasteiger partial charge in [0.2, 0.25) is 0 Å². The van der Waals surface area contributed by atoms with Gasteiger partial charge < -0.3 is 5.73 Å². The molecule has 0 amide bonds. The fourth-order valence-corrected chi connectivity index (χ4v) is 3.27. The first kappa shape index (κ1) is 11.9. The van der Waals surface area contributed by atoms with Crippen LogP contribution in [0.5, 0.6) is 0 Å². The van der Waals surface area contributed by atoms with E-state index in [-0.39, 0.29) is 11.5 Å². The lowest BCUT2D eigenvalue weighted by atomic mass is 9.74. The topological polar surface area (TPSA) is 26.0 Å². The van der Waals surface area contributed by atoms with Gasteiger partial charge in [-0.1, -0.05) is 49.6 Å². The van der Waals surface area contributed by atoms with Crippen LogP contribution in [0.1, 0.15) is 50.6 Å². The summed E-state index contributed by atoms with van der Waals surface area (Å²) in [5.74, 6) is 0. The molecule has 88 valence electrons. The van der Waals surface area contributed by atoms with Crippen molar-refractivity contribution in [2.45, 2.75) is 45.1 Å². The Bertz CT molecular complexity index is 356. The molecule has 1 aliphatic carbocycles. The minimum atomic E-state index is 0.0914. The van der Waals surface area contributed by atoms with E-state index < -0.39 is 0 Å². The lowest BCUT2D eigenvalue weighted by Gasteiger charge is -2.35. The van der Waals surface area contributed by atoms with Gasteiger partial charge in [-0.2, -0.15) is 0 Å². The molecule has 1 aromatic carbocycles. The van der Waals surface area contributed by atoms with Crippen molar-refractivity contribution in [3.05, 3.63) is 34.9 Å². The molecule has 2 N–H and O–H groups in total. The first-order valence-corrected chi connectivity index (χ1v) is 6.57. The largest absolute Gasteiger partial charge is 0.323 e. The van der Waals surface area contributed by atoms with E-state index in [0.29, 0.717) is 0 Å². The van der Waals surface area contributed by atoms with Crippen LogP contribution in [0, 0.1) is 5.41 Å². The van der Waals surface area contributed by atoms with Crippen LogP contribution in [0.3, 0.4) is 0 Å². The van der Waals surface area contributed by atoms with Gasteiger partial charge in [-0.25, -0.2) is 0 Å². The van der Waals surface area contributed by atoms with Crippen molar-refractivity contribution in [2.75, 3.05) is 0 Å². The number of hydrogen-bond acceptors (Lipinski definition) is 1. The summed E-state index contributed by atoms with van der Waals surface area (Å²) < 4.78 is 0. The zero-order valence-electron chi connectivity index (χ0n) is 9.88. The Morgan fingerprint density at radius 1 is 1.31 bits per heavy atom. The SMILES string of the molecule is CCC1(C(N)c2ccccc2Cl)CCCC1. The van der Waals surface area contributed by atoms with Crippen LogP contribution in [-0.2, 0) is 0 Å². The molecule has 1 aromatic rings. The number of hydrogen-bond donors (Lipinski definition) is 1. The van der Waals surface area contributed by atoms with E-state index >= 15 is 0 Å². The Labute approximate surface area is 103 Å². The van der Waals surface area contributed by atoms with Gasteiger partial charge in [-0.15, -0.1) is 0 Å². The van der Waals surface area contributed by atoms with Crippen molar-refractivity contribution in [1.82, 2.24) is 0 Å². The standard InChI is InChI=1S/C14H20ClN/c1-2-14(9-5-6-10-14)13(16)11-7-3-4-8-12(11)15/h3-4,7-8,13H,2,5-6,9-10,16H2,1H3. The molecule has 1 atom stereocenters. The second-order valence-corrected chi connectivity index (χ2v) is 5.33. The molecule has 0 aliphatic heterocycles. The zero-order chi connectivity index (χ0) is 11.6. The molecule has 1 unspecified atom stereocenters. The van der Waals surface area contributed by atoms with E-state index in [4.69, 9.17) is 17.3 Å². The molecule has 2 rings (SSSR count). The van der Waals surface area contributed by atoms with Crippen molar-refractivity contribution in [3.63, 3.8) is 0 Å². The van der Waals surface area contributed by atoms with Gasteiger partial charge in [0.05, 0.1) is 0 Å². The molecule has 1 nitrogen and oxygen atoms in total. The summed E-state index contributed by atoms with van der Waals surface area (Å²) in [6, 6.07) is 8.09. The van der Waals surface area contributed by atoms with E-state index in [2.05, 4.69) is 13.0 Å². The van der Waals surface area contributed by atoms with Crippen molar-refractivity contribution in [1.29, 1.82) is 0 Å². The van der Waals surface area contributed by atoms with Crippen molar-refractivity contribution in [3.8, 4) is 0 Å². The van der Waals surface area contributed by atoms with Crippen molar-refractivity contribution < 1.29 is 0 Å². The molecule has 0 heterocycles. The first-order valence-electron chi connectivity index (χ1n) is 6.19. The molecule has 16 heavy (non-hydrogen) atoms. The summed E-state index contributed by atoms with van der Waals surface area (Å²) >= 11 is 6.24. The molecule has 0 spiro atoms. The van der Waals surface area contributed by atoms with E-state index in [1.54, 1.807) is 0 Å². The highest BCUT2D eigenvalue weighted by molar-refractivity contribution is 6.31. The molecule has 0 saturated heterocycles. The highest BCUT2D eigenvalue weighted by Gasteiger charge is 2.39. The maximum Gasteiger partial charge on any atom is 0.0453 e. The predicted octanol–water partition coefficient (Wildman–Crippen LogP) is 4.31. The summed E-state index contributed by atoms with van der Waals surface area (Å²) in [5, 5.41) is 0.815. The van der Waals surface area contributed by atoms with Crippen molar-refractivity contribution >= 4 is 11.6 Å². The third kappa shape index (κ3) is 1.99. The molecule has 1 saturated carbocycles. The van der Waals surface area contributed by atoms with Gasteiger partial charge in [-0.05, 0) is 36.3 Å². The summed E-state index contributed by atoms with van der Waals surface area (Å²) in [6.45, 7) is 2.25. The van der Waals surface area contributed by atoms with Crippen LogP contribution in [-0.4, -0.2) is 0 Å². The molecule has 2 heteroatoms. The van der Waals surface area contributed by atoms with E-state index in [1.165, 1.54) is 25.7 Å². The zero-order valence-corrected chi connectivity index (χ0v) is 10.6. The van der Waals surface area contributed by atoms with E-state index in [0.717, 1.165) is 17.0 Å². The average Bonchev–Trinajstić information content (AvgIpc) is 2.78. The van der Waals surface area contributed by atoms with Crippen LogP contribution >= 0.6 is 11.6 Å². The third-order valence-electron chi connectivity index (χ3n) is 4.20. The molecule has 1 aliphatic rings. The first-order chi connectivity index (χ1) is 7.69. The van der Waals surface area contributed by atoms with Crippen LogP contribution in [0.2, 0.25) is 5.02 Å². The summed E-state index contributed by atoms with van der Waals surface area (Å²) in [6.07, 6.45) is 6.27. The minimum absolute atomic E-state index is 0.0914. The fraction of sp³-hybridized carbons (Fsp3) is 0.571. The number of benzene rings is 1. The lowest BCUT2D eigenvalue weighted by Crippen LogP contribution is -2.31. The minimum Gasteiger partial charge on any atom is -0.323 e. The molecule has 1 fully saturated rings. The summed E-state index contributed by atoms with van der Waals surface area (Å²) in [7, 11) is 0. The van der Waals surface area contributed by atoms with Gasteiger partial charge in [0, 0.05) is 11.1 Å². The Morgan fingerprint density at radius 3 is 2.50 bits per heavy atom. The number of rotatable bonds is 3. The van der Waals surface area contributed by atoms with Gasteiger partial charge in [0.25, 0.3) is 0 Å². The highest BCUT2D eigenvalue weighted by atomic mass is 35.5. The van der Waals surface area contributed by atoms with E-state index in [1.807, 2.05) is 18.2 Å². The van der Waals surface area contributed by atoms with Gasteiger partial charge in [0.1, 0.15) is 0 Å². The second kappa shape index (κ2) is 4.77. The highest BCUT2D eigenvalue weighted by Crippen LogP contribution is 2.49. The Kier molecular flexibility index (Phi) is 3.56. The Hall–Kier alpha value is -0.530. The Balaban J connectivity index is 2.30. The smallest absolute Gasteiger partial charge is 0.0453 e. The Morgan fingerprint density at radius 2 is 1.94 bits per heavy atom. The van der Waals surface area contributed by atoms with Crippen LogP contribution in [0.4, 0.5) is 0 Å². The number of halogens is 1. The maximum absolute atomic E-state index is 6.46. The monoisotopic (exact) mass is 237 g/mol. The van der Waals surface area contributed by atoms with E-state index in [9.17, 15) is 0 Å². The van der Waals surface area contributed by atoms with Crippen LogP contribution < -0.4 is 5.73 Å². The normalized spacial score (nSPS) is 20.9. The molecule has 0 radical (unpaired) electrons. The second-order valence-electron chi connectivity index (χ2n) is 4.92. The van der Waals surface area contributed by atoms with Crippen LogP contribution in [0.25, 0.3) is 0 Å². The van der Waals surface area contributed by atoms with Gasteiger partial charge in [-0.3, -0.25) is 0 Å². The average molecular weight is 238 g/mol. The summed E-state index contributed by atoms with van der Waals surface area (Å²) in [4.78, 5) is 0. The molecular weight excluding hydrogens is 218 g/mol. The quantitative estimate of drug-likeness (QED) is 0.833. The fourth-order valence-electron chi connectivity index (χ4n) is 3.02. The van der Waals surface area contributed by atoms with Gasteiger partial charge in [0.15, 0.2) is 0 Å². The lowest BCUT2D eigenvalue weighted by molar-refractivity contribution is 0.222. The van der Waals surface area contributed by atoms with Crippen molar-refractivity contribution in [2.24, 2.45) is 11.1 Å². The molecule has 0 aromatic heterocycles. The molecular formula is C14H20ClN. The number of nitrogens with two attached hydrogens (primary N) is 1. The molecule has 0 bridgehead atoms. The van der Waals surface area contributed by atoms with Gasteiger partial charge >= 0.3 is 0 Å². The maximum atomic E-state index is 6.46. The summed E-state index contributed by atoms with van der Waals surface area (Å²) in [5.41, 5.74) is 7.86. The third-order valence-corrected chi connectivity index (χ3v) is 4.55. The van der Waals surface area contributed by atoms with Crippen LogP contribution in [0.15, 0.2) is 24.3 Å².